The van der Waals surface area contributed by atoms with Crippen LogP contribution in [0.5, 0.6) is 0 Å². The van der Waals surface area contributed by atoms with Crippen LogP contribution < -0.4 is 0 Å². The van der Waals surface area contributed by atoms with E-state index in [-0.39, 0.29) is 12.0 Å². The molecule has 0 aliphatic heterocycles. The Morgan fingerprint density at radius 3 is 2.61 bits per heavy atom. The average molecular weight is 250 g/mol. The lowest BCUT2D eigenvalue weighted by Crippen LogP contribution is -2.27. The third-order valence-corrected chi connectivity index (χ3v) is 4.49. The molecule has 1 aliphatic carbocycles. The maximum atomic E-state index is 9.63. The van der Waals surface area contributed by atoms with E-state index < -0.39 is 0 Å². The van der Waals surface area contributed by atoms with Crippen molar-refractivity contribution in [2.45, 2.75) is 58.9 Å². The molecule has 1 heterocycles. The molecule has 0 saturated heterocycles. The lowest BCUT2D eigenvalue weighted by atomic mass is 9.81. The lowest BCUT2D eigenvalue weighted by molar-refractivity contribution is 0.118. The summed E-state index contributed by atoms with van der Waals surface area (Å²) in [7, 11) is 0. The van der Waals surface area contributed by atoms with Gasteiger partial charge in [-0.05, 0) is 49.5 Å². The fourth-order valence-electron chi connectivity index (χ4n) is 2.86. The molecule has 0 aromatic carbocycles. The van der Waals surface area contributed by atoms with Crippen molar-refractivity contribution in [2.24, 2.45) is 11.3 Å². The van der Waals surface area contributed by atoms with Gasteiger partial charge in [0.25, 0.3) is 0 Å². The molecule has 3 nitrogen and oxygen atoms in total. The van der Waals surface area contributed by atoms with Crippen molar-refractivity contribution in [3.05, 3.63) is 18.0 Å². The first kappa shape index (κ1) is 13.6. The molecule has 18 heavy (non-hydrogen) atoms. The van der Waals surface area contributed by atoms with Gasteiger partial charge < -0.3 is 5.11 Å². The quantitative estimate of drug-likeness (QED) is 0.807. The molecule has 1 fully saturated rings. The van der Waals surface area contributed by atoms with Crippen molar-refractivity contribution in [3.8, 4) is 0 Å². The van der Waals surface area contributed by atoms with E-state index >= 15 is 0 Å². The Kier molecular flexibility index (Phi) is 4.10. The first-order valence-corrected chi connectivity index (χ1v) is 7.27. The summed E-state index contributed by atoms with van der Waals surface area (Å²) in [5.74, 6) is 0.695. The zero-order chi connectivity index (χ0) is 13.2. The van der Waals surface area contributed by atoms with Crippen LogP contribution in [0.3, 0.4) is 0 Å². The molecule has 1 N–H and O–H groups in total. The van der Waals surface area contributed by atoms with Crippen molar-refractivity contribution in [1.82, 2.24) is 9.78 Å². The third-order valence-electron chi connectivity index (χ3n) is 4.49. The van der Waals surface area contributed by atoms with Crippen molar-refractivity contribution in [2.75, 3.05) is 6.61 Å². The highest BCUT2D eigenvalue weighted by atomic mass is 16.3. The second kappa shape index (κ2) is 5.43. The summed E-state index contributed by atoms with van der Waals surface area (Å²) >= 11 is 0. The first-order valence-electron chi connectivity index (χ1n) is 7.27. The van der Waals surface area contributed by atoms with Gasteiger partial charge in [0.1, 0.15) is 0 Å². The molecule has 3 heteroatoms. The second-order valence-electron chi connectivity index (χ2n) is 6.02. The second-order valence-corrected chi connectivity index (χ2v) is 6.02. The van der Waals surface area contributed by atoms with Gasteiger partial charge in [-0.3, -0.25) is 4.68 Å². The zero-order valence-corrected chi connectivity index (χ0v) is 11.9. The summed E-state index contributed by atoms with van der Waals surface area (Å²) in [6.45, 7) is 6.88. The van der Waals surface area contributed by atoms with Crippen LogP contribution in [0.2, 0.25) is 0 Å². The normalized spacial score (nSPS) is 19.2. The van der Waals surface area contributed by atoms with Gasteiger partial charge in [-0.1, -0.05) is 20.8 Å². The fraction of sp³-hybridized carbons (Fsp3) is 0.800. The molecule has 1 atom stereocenters. The number of aliphatic hydroxyl groups excluding tert-OH is 1. The Morgan fingerprint density at radius 1 is 1.44 bits per heavy atom. The molecular formula is C15H26N2O. The van der Waals surface area contributed by atoms with Crippen LogP contribution in [0.1, 0.15) is 58.2 Å². The van der Waals surface area contributed by atoms with Gasteiger partial charge in [0.15, 0.2) is 0 Å². The summed E-state index contributed by atoms with van der Waals surface area (Å²) < 4.78 is 2.10. The standard InChI is InChI=1S/C15H26N2O/c1-4-14(5-2)17-9-8-13(16-17)10-15(3,11-18)12-6-7-12/h8-9,12,14,18H,4-7,10-11H2,1-3H3. The monoisotopic (exact) mass is 250 g/mol. The number of hydrogen-bond acceptors (Lipinski definition) is 2. The van der Waals surface area contributed by atoms with Gasteiger partial charge in [0.05, 0.1) is 11.7 Å². The molecule has 1 aliphatic rings. The van der Waals surface area contributed by atoms with Gasteiger partial charge in [0.2, 0.25) is 0 Å². The Hall–Kier alpha value is -0.830. The van der Waals surface area contributed by atoms with Gasteiger partial charge >= 0.3 is 0 Å². The molecule has 0 spiro atoms. The summed E-state index contributed by atoms with van der Waals surface area (Å²) in [5, 5.41) is 14.3. The smallest absolute Gasteiger partial charge is 0.0631 e. The van der Waals surface area contributed by atoms with Crippen molar-refractivity contribution >= 4 is 0 Å². The Morgan fingerprint density at radius 2 is 2.11 bits per heavy atom. The van der Waals surface area contributed by atoms with Crippen LogP contribution in [-0.4, -0.2) is 21.5 Å². The van der Waals surface area contributed by atoms with E-state index in [1.165, 1.54) is 12.8 Å². The van der Waals surface area contributed by atoms with E-state index in [9.17, 15) is 5.11 Å². The Balaban J connectivity index is 2.05. The van der Waals surface area contributed by atoms with E-state index in [0.717, 1.165) is 25.0 Å². The van der Waals surface area contributed by atoms with Crippen LogP contribution in [-0.2, 0) is 6.42 Å². The highest BCUT2D eigenvalue weighted by Gasteiger charge is 2.41. The van der Waals surface area contributed by atoms with Crippen LogP contribution in [0.15, 0.2) is 12.3 Å². The number of aliphatic hydroxyl groups is 1. The summed E-state index contributed by atoms with van der Waals surface area (Å²) in [4.78, 5) is 0. The maximum absolute atomic E-state index is 9.63. The summed E-state index contributed by atoms with van der Waals surface area (Å²) in [5.41, 5.74) is 1.16. The topological polar surface area (TPSA) is 38.0 Å². The Bertz CT molecular complexity index is 380. The number of aromatic nitrogens is 2. The van der Waals surface area contributed by atoms with Crippen LogP contribution in [0, 0.1) is 11.3 Å². The summed E-state index contributed by atoms with van der Waals surface area (Å²) in [6.07, 6.45) is 7.78. The molecule has 0 bridgehead atoms. The molecule has 0 amide bonds. The van der Waals surface area contributed by atoms with Crippen LogP contribution >= 0.6 is 0 Å². The van der Waals surface area contributed by atoms with Gasteiger partial charge in [-0.25, -0.2) is 0 Å². The van der Waals surface area contributed by atoms with Crippen molar-refractivity contribution in [3.63, 3.8) is 0 Å². The van der Waals surface area contributed by atoms with E-state index in [2.05, 4.69) is 37.7 Å². The number of nitrogens with zero attached hydrogens (tertiary/aromatic N) is 2. The molecule has 0 radical (unpaired) electrons. The van der Waals surface area contributed by atoms with Crippen LogP contribution in [0.4, 0.5) is 0 Å². The predicted octanol–water partition coefficient (Wildman–Crippen LogP) is 3.20. The molecular weight excluding hydrogens is 224 g/mol. The minimum Gasteiger partial charge on any atom is -0.396 e. The fourth-order valence-corrected chi connectivity index (χ4v) is 2.86. The van der Waals surface area contributed by atoms with E-state index in [0.29, 0.717) is 12.0 Å². The molecule has 2 rings (SSSR count). The highest BCUT2D eigenvalue weighted by molar-refractivity contribution is 5.06. The number of rotatable bonds is 7. The number of hydrogen-bond donors (Lipinski definition) is 1. The average Bonchev–Trinajstić information content (AvgIpc) is 3.14. The maximum Gasteiger partial charge on any atom is 0.0631 e. The molecule has 1 aromatic rings. The minimum absolute atomic E-state index is 0.0348. The van der Waals surface area contributed by atoms with Crippen LogP contribution in [0.25, 0.3) is 0 Å². The van der Waals surface area contributed by atoms with E-state index in [4.69, 9.17) is 5.10 Å². The van der Waals surface area contributed by atoms with E-state index in [1.807, 2.05) is 0 Å². The molecule has 1 saturated carbocycles. The Labute approximate surface area is 110 Å². The SMILES string of the molecule is CCC(CC)n1ccc(CC(C)(CO)C2CC2)n1. The third kappa shape index (κ3) is 2.77. The zero-order valence-electron chi connectivity index (χ0n) is 11.9. The summed E-state index contributed by atoms with van der Waals surface area (Å²) in [6, 6.07) is 2.63. The lowest BCUT2D eigenvalue weighted by Gasteiger charge is -2.26. The van der Waals surface area contributed by atoms with Crippen molar-refractivity contribution in [1.29, 1.82) is 0 Å². The first-order chi connectivity index (χ1) is 8.62. The van der Waals surface area contributed by atoms with E-state index in [1.54, 1.807) is 0 Å². The van der Waals surface area contributed by atoms with Gasteiger partial charge in [-0.2, -0.15) is 5.10 Å². The molecule has 1 unspecified atom stereocenters. The minimum atomic E-state index is 0.0348. The largest absolute Gasteiger partial charge is 0.396 e. The molecule has 102 valence electrons. The highest BCUT2D eigenvalue weighted by Crippen LogP contribution is 2.46. The predicted molar refractivity (Wildman–Crippen MR) is 73.5 cm³/mol. The van der Waals surface area contributed by atoms with Gasteiger partial charge in [-0.15, -0.1) is 0 Å². The van der Waals surface area contributed by atoms with Gasteiger partial charge in [0, 0.05) is 12.8 Å². The molecule has 1 aromatic heterocycles. The van der Waals surface area contributed by atoms with Crippen molar-refractivity contribution < 1.29 is 5.11 Å².